The van der Waals surface area contributed by atoms with Gasteiger partial charge in [-0.1, -0.05) is 24.9 Å². The Labute approximate surface area is 138 Å². The van der Waals surface area contributed by atoms with Crippen molar-refractivity contribution in [1.29, 1.82) is 0 Å². The minimum atomic E-state index is -2.99. The zero-order valence-corrected chi connectivity index (χ0v) is 14.7. The van der Waals surface area contributed by atoms with Crippen LogP contribution in [-0.2, 0) is 16.9 Å². The molecule has 0 bridgehead atoms. The number of nitrogens with two attached hydrogens (primary N) is 1. The van der Waals surface area contributed by atoms with E-state index in [1.54, 1.807) is 0 Å². The molecule has 0 aliphatic carbocycles. The third-order valence-electron chi connectivity index (χ3n) is 3.67. The molecular weight excluding hydrogens is 330 g/mol. The summed E-state index contributed by atoms with van der Waals surface area (Å²) in [6, 6.07) is 2.67. The van der Waals surface area contributed by atoms with Gasteiger partial charge >= 0.3 is 0 Å². The molecule has 0 aromatic carbocycles. The normalized spacial score (nSPS) is 15.6. The highest BCUT2D eigenvalue weighted by atomic mass is 35.5. The zero-order chi connectivity index (χ0) is 17.0. The Morgan fingerprint density at radius 1 is 1.45 bits per heavy atom. The van der Waals surface area contributed by atoms with Crippen LogP contribution in [0.1, 0.15) is 52.1 Å². The van der Waals surface area contributed by atoms with Crippen molar-refractivity contribution in [2.75, 3.05) is 0 Å². The summed E-state index contributed by atoms with van der Waals surface area (Å²) in [5.74, 6) is -2.82. The Morgan fingerprint density at radius 2 is 2.09 bits per heavy atom. The fourth-order valence-corrected chi connectivity index (χ4v) is 3.04. The number of halogens is 3. The van der Waals surface area contributed by atoms with Crippen molar-refractivity contribution in [2.45, 2.75) is 57.1 Å². The second-order valence-electron chi connectivity index (χ2n) is 6.32. The highest BCUT2D eigenvalue weighted by Crippen LogP contribution is 2.34. The maximum Gasteiger partial charge on any atom is 0.289 e. The first-order valence-corrected chi connectivity index (χ1v) is 8.80. The maximum absolute atomic E-state index is 14.1. The van der Waals surface area contributed by atoms with E-state index in [2.05, 4.69) is 4.98 Å². The smallest absolute Gasteiger partial charge is 0.255 e. The van der Waals surface area contributed by atoms with Gasteiger partial charge in [-0.05, 0) is 44.7 Å². The lowest BCUT2D eigenvalue weighted by Crippen LogP contribution is -2.33. The van der Waals surface area contributed by atoms with E-state index in [1.807, 2.05) is 20.8 Å². The summed E-state index contributed by atoms with van der Waals surface area (Å²) in [5, 5.41) is 5.69. The fraction of sp³-hybridized carbons (Fsp3) is 0.667. The SMILES string of the molecule is C[C@@H](CCCC(F)(F)c1cc(Cl)ccn1)CC(C)(C)S(N)=O. The Balaban J connectivity index is 2.51. The summed E-state index contributed by atoms with van der Waals surface area (Å²) in [6.07, 6.45) is 2.62. The number of pyridine rings is 1. The van der Waals surface area contributed by atoms with Gasteiger partial charge in [0.1, 0.15) is 5.69 Å². The van der Waals surface area contributed by atoms with E-state index < -0.39 is 21.7 Å². The lowest BCUT2D eigenvalue weighted by molar-refractivity contribution is -0.0209. The molecule has 1 heterocycles. The largest absolute Gasteiger partial charge is 0.289 e. The summed E-state index contributed by atoms with van der Waals surface area (Å²) < 4.78 is 39.0. The Morgan fingerprint density at radius 3 is 2.64 bits per heavy atom. The van der Waals surface area contributed by atoms with Gasteiger partial charge in [0.15, 0.2) is 0 Å². The molecule has 22 heavy (non-hydrogen) atoms. The monoisotopic (exact) mass is 352 g/mol. The Hall–Kier alpha value is -0.590. The molecule has 1 aromatic rings. The molecule has 0 saturated carbocycles. The average Bonchev–Trinajstić information content (AvgIpc) is 2.37. The molecule has 0 aliphatic heterocycles. The molecular formula is C15H23ClF2N2OS. The van der Waals surface area contributed by atoms with Crippen LogP contribution in [0.15, 0.2) is 18.3 Å². The molecule has 7 heteroatoms. The van der Waals surface area contributed by atoms with E-state index in [4.69, 9.17) is 16.7 Å². The third-order valence-corrected chi connectivity index (χ3v) is 5.16. The Kier molecular flexibility index (Phi) is 6.89. The van der Waals surface area contributed by atoms with Crippen LogP contribution < -0.4 is 5.14 Å². The van der Waals surface area contributed by atoms with Crippen molar-refractivity contribution in [3.05, 3.63) is 29.0 Å². The van der Waals surface area contributed by atoms with Crippen molar-refractivity contribution in [3.63, 3.8) is 0 Å². The van der Waals surface area contributed by atoms with Gasteiger partial charge in [0.25, 0.3) is 5.92 Å². The summed E-state index contributed by atoms with van der Waals surface area (Å²) in [5.41, 5.74) is -0.295. The van der Waals surface area contributed by atoms with Gasteiger partial charge in [-0.2, -0.15) is 8.78 Å². The lowest BCUT2D eigenvalue weighted by Gasteiger charge is -2.25. The van der Waals surface area contributed by atoms with E-state index in [1.165, 1.54) is 18.3 Å². The summed E-state index contributed by atoms with van der Waals surface area (Å²) in [7, 11) is -1.42. The molecule has 3 nitrogen and oxygen atoms in total. The van der Waals surface area contributed by atoms with Crippen molar-refractivity contribution < 1.29 is 13.0 Å². The number of hydrogen-bond acceptors (Lipinski definition) is 2. The lowest BCUT2D eigenvalue weighted by atomic mass is 9.92. The van der Waals surface area contributed by atoms with Gasteiger partial charge in [0, 0.05) is 17.6 Å². The average molecular weight is 353 g/mol. The van der Waals surface area contributed by atoms with E-state index in [0.29, 0.717) is 19.3 Å². The Bertz CT molecular complexity index is 526. The molecule has 2 N–H and O–H groups in total. The van der Waals surface area contributed by atoms with Crippen LogP contribution in [0.5, 0.6) is 0 Å². The molecule has 0 amide bonds. The van der Waals surface area contributed by atoms with Crippen molar-refractivity contribution in [2.24, 2.45) is 11.1 Å². The van der Waals surface area contributed by atoms with Crippen molar-refractivity contribution in [3.8, 4) is 0 Å². The molecule has 1 rings (SSSR count). The highest BCUT2D eigenvalue weighted by Gasteiger charge is 2.33. The molecule has 1 unspecified atom stereocenters. The molecule has 0 radical (unpaired) electrons. The van der Waals surface area contributed by atoms with Crippen LogP contribution in [0.4, 0.5) is 8.78 Å². The summed E-state index contributed by atoms with van der Waals surface area (Å²) >= 11 is 5.72. The van der Waals surface area contributed by atoms with Crippen molar-refractivity contribution >= 4 is 22.6 Å². The van der Waals surface area contributed by atoms with Crippen LogP contribution >= 0.6 is 11.6 Å². The standard InChI is InChI=1S/C15H23ClF2N2OS/c1-11(10-14(2,3)22(19)21)5-4-7-15(17,18)13-9-12(16)6-8-20-13/h6,8-9,11H,4-5,7,10,19H2,1-3H3/t11-,22?/m0/s1. The number of rotatable bonds is 8. The van der Waals surface area contributed by atoms with Crippen LogP contribution in [0, 0.1) is 5.92 Å². The highest BCUT2D eigenvalue weighted by molar-refractivity contribution is 7.84. The van der Waals surface area contributed by atoms with E-state index in [9.17, 15) is 13.0 Å². The van der Waals surface area contributed by atoms with Gasteiger partial charge in [-0.3, -0.25) is 10.1 Å². The minimum absolute atomic E-state index is 0.172. The second-order valence-corrected chi connectivity index (χ2v) is 8.46. The van der Waals surface area contributed by atoms with Gasteiger partial charge in [-0.25, -0.2) is 4.21 Å². The second kappa shape index (κ2) is 7.79. The first-order chi connectivity index (χ1) is 10.0. The van der Waals surface area contributed by atoms with Gasteiger partial charge in [-0.15, -0.1) is 0 Å². The predicted molar refractivity (Wildman–Crippen MR) is 87.2 cm³/mol. The van der Waals surface area contributed by atoms with Crippen molar-refractivity contribution in [1.82, 2.24) is 4.98 Å². The summed E-state index contributed by atoms with van der Waals surface area (Å²) in [6.45, 7) is 5.61. The topological polar surface area (TPSA) is 56.0 Å². The van der Waals surface area contributed by atoms with E-state index in [0.717, 1.165) is 0 Å². The molecule has 0 aliphatic rings. The van der Waals surface area contributed by atoms with Crippen LogP contribution in [-0.4, -0.2) is 13.9 Å². The summed E-state index contributed by atoms with van der Waals surface area (Å²) in [4.78, 5) is 3.70. The van der Waals surface area contributed by atoms with Crippen LogP contribution in [0.2, 0.25) is 5.02 Å². The molecule has 0 spiro atoms. The molecule has 0 saturated heterocycles. The molecule has 0 fully saturated rings. The number of nitrogens with zero attached hydrogens (tertiary/aromatic N) is 1. The zero-order valence-electron chi connectivity index (χ0n) is 13.1. The number of alkyl halides is 2. The van der Waals surface area contributed by atoms with Crippen LogP contribution in [0.3, 0.4) is 0 Å². The number of aromatic nitrogens is 1. The number of hydrogen-bond donors (Lipinski definition) is 1. The molecule has 1 aromatic heterocycles. The van der Waals surface area contributed by atoms with Gasteiger partial charge < -0.3 is 0 Å². The first kappa shape index (κ1) is 19.5. The molecule has 126 valence electrons. The fourth-order valence-electron chi connectivity index (χ4n) is 2.43. The minimum Gasteiger partial charge on any atom is -0.255 e. The maximum atomic E-state index is 14.1. The van der Waals surface area contributed by atoms with E-state index in [-0.39, 0.29) is 23.1 Å². The first-order valence-electron chi connectivity index (χ1n) is 7.21. The third kappa shape index (κ3) is 5.89. The van der Waals surface area contributed by atoms with Gasteiger partial charge in [0.2, 0.25) is 0 Å². The quantitative estimate of drug-likeness (QED) is 0.752. The van der Waals surface area contributed by atoms with Crippen LogP contribution in [0.25, 0.3) is 0 Å². The van der Waals surface area contributed by atoms with Gasteiger partial charge in [0.05, 0.1) is 15.7 Å². The van der Waals surface area contributed by atoms with E-state index >= 15 is 0 Å². The predicted octanol–water partition coefficient (Wildman–Crippen LogP) is 4.42. The molecule has 2 atom stereocenters.